The van der Waals surface area contributed by atoms with E-state index in [-0.39, 0.29) is 18.2 Å². The highest BCUT2D eigenvalue weighted by Crippen LogP contribution is 2.19. The van der Waals surface area contributed by atoms with E-state index in [1.54, 1.807) is 31.2 Å². The van der Waals surface area contributed by atoms with Gasteiger partial charge in [0.05, 0.1) is 4.83 Å². The van der Waals surface area contributed by atoms with Gasteiger partial charge in [-0.15, -0.1) is 0 Å². The number of nitrogens with one attached hydrogen (secondary N) is 2. The Kier molecular flexibility index (Phi) is 9.42. The molecular weight excluding hydrogens is 514 g/mol. The molecule has 186 valence electrons. The summed E-state index contributed by atoms with van der Waals surface area (Å²) in [6, 6.07) is 15.9. The molecule has 1 unspecified atom stereocenters. The van der Waals surface area contributed by atoms with Crippen LogP contribution in [0, 0.1) is 0 Å². The van der Waals surface area contributed by atoms with Gasteiger partial charge in [0.2, 0.25) is 17.7 Å². The summed E-state index contributed by atoms with van der Waals surface area (Å²) in [6.45, 7) is 1.96. The van der Waals surface area contributed by atoms with Crippen LogP contribution in [0.5, 0.6) is 0 Å². The number of hydrogen-bond donors (Lipinski definition) is 3. The maximum Gasteiger partial charge on any atom is 0.326 e. The number of amides is 3. The molecule has 1 heterocycles. The van der Waals surface area contributed by atoms with Crippen molar-refractivity contribution in [3.8, 4) is 0 Å². The lowest BCUT2D eigenvalue weighted by Gasteiger charge is -2.28. The molecule has 0 saturated carbocycles. The number of halogens is 1. The van der Waals surface area contributed by atoms with E-state index in [1.165, 1.54) is 4.90 Å². The summed E-state index contributed by atoms with van der Waals surface area (Å²) in [7, 11) is 0. The number of likely N-dealkylation sites (tertiary alicyclic amines) is 1. The predicted molar refractivity (Wildman–Crippen MR) is 135 cm³/mol. The number of carboxylic acid groups (broad SMARTS) is 1. The number of rotatable bonds is 10. The average molecular weight is 544 g/mol. The summed E-state index contributed by atoms with van der Waals surface area (Å²) in [5, 5.41) is 14.9. The predicted octanol–water partition coefficient (Wildman–Crippen LogP) is 2.30. The third kappa shape index (κ3) is 7.39. The molecule has 0 aromatic heterocycles. The first-order chi connectivity index (χ1) is 16.8. The SMILES string of the molecule is C[C@H](NC(=O)C(Br)Cc1ccccc1)C(=O)N1CCC[C@H]1C(=O)N[C@@H](Cc1ccccc1)C(=O)O. The Morgan fingerprint density at radius 3 is 2.11 bits per heavy atom. The zero-order valence-corrected chi connectivity index (χ0v) is 21.1. The number of benzene rings is 2. The largest absolute Gasteiger partial charge is 0.480 e. The summed E-state index contributed by atoms with van der Waals surface area (Å²) in [4.78, 5) is 51.3. The van der Waals surface area contributed by atoms with Crippen LogP contribution in [-0.4, -0.2) is 63.2 Å². The fraction of sp³-hybridized carbons (Fsp3) is 0.385. The zero-order chi connectivity index (χ0) is 25.4. The lowest BCUT2D eigenvalue weighted by molar-refractivity contribution is -0.144. The first-order valence-electron chi connectivity index (χ1n) is 11.6. The molecule has 35 heavy (non-hydrogen) atoms. The van der Waals surface area contributed by atoms with E-state index < -0.39 is 34.8 Å². The van der Waals surface area contributed by atoms with Gasteiger partial charge in [-0.3, -0.25) is 14.4 Å². The van der Waals surface area contributed by atoms with Crippen molar-refractivity contribution in [2.45, 2.75) is 55.6 Å². The summed E-state index contributed by atoms with van der Waals surface area (Å²) < 4.78 is 0. The Balaban J connectivity index is 1.58. The standard InChI is InChI=1S/C26H30BrN3O5/c1-17(28-23(31)20(27)15-18-9-4-2-5-10-18)25(33)30-14-8-13-22(30)24(32)29-21(26(34)35)16-19-11-6-3-7-12-19/h2-7,9-12,17,20-22H,8,13-16H2,1H3,(H,28,31)(H,29,32)(H,34,35)/t17-,20?,21-,22-/m0/s1. The third-order valence-corrected chi connectivity index (χ3v) is 6.75. The molecule has 3 N–H and O–H groups in total. The van der Waals surface area contributed by atoms with Crippen molar-refractivity contribution in [2.24, 2.45) is 0 Å². The minimum atomic E-state index is -1.14. The normalized spacial score (nSPS) is 17.8. The van der Waals surface area contributed by atoms with Crippen molar-refractivity contribution in [1.82, 2.24) is 15.5 Å². The Labute approximate surface area is 213 Å². The Bertz CT molecular complexity index is 1030. The summed E-state index contributed by atoms with van der Waals surface area (Å²) in [5.74, 6) is -2.32. The van der Waals surface area contributed by atoms with Crippen LogP contribution in [0.3, 0.4) is 0 Å². The van der Waals surface area contributed by atoms with Crippen LogP contribution in [0.15, 0.2) is 60.7 Å². The van der Waals surface area contributed by atoms with Crippen molar-refractivity contribution >= 4 is 39.6 Å². The molecule has 1 aliphatic rings. The van der Waals surface area contributed by atoms with Gasteiger partial charge in [-0.05, 0) is 37.3 Å². The lowest BCUT2D eigenvalue weighted by Crippen LogP contribution is -2.55. The highest BCUT2D eigenvalue weighted by Gasteiger charge is 2.38. The van der Waals surface area contributed by atoms with Crippen molar-refractivity contribution < 1.29 is 24.3 Å². The molecule has 3 rings (SSSR count). The summed E-state index contributed by atoms with van der Waals surface area (Å²) >= 11 is 3.39. The fourth-order valence-corrected chi connectivity index (χ4v) is 4.65. The van der Waals surface area contributed by atoms with E-state index in [1.807, 2.05) is 36.4 Å². The Morgan fingerprint density at radius 2 is 1.54 bits per heavy atom. The second kappa shape index (κ2) is 12.5. The van der Waals surface area contributed by atoms with E-state index in [9.17, 15) is 24.3 Å². The molecular formula is C26H30BrN3O5. The molecule has 8 nitrogen and oxygen atoms in total. The highest BCUT2D eigenvalue weighted by atomic mass is 79.9. The number of aliphatic carboxylic acids is 1. The van der Waals surface area contributed by atoms with E-state index in [0.29, 0.717) is 25.8 Å². The maximum absolute atomic E-state index is 13.1. The Hall–Kier alpha value is -3.20. The number of nitrogens with zero attached hydrogens (tertiary/aromatic N) is 1. The highest BCUT2D eigenvalue weighted by molar-refractivity contribution is 9.10. The average Bonchev–Trinajstić information content (AvgIpc) is 3.34. The lowest BCUT2D eigenvalue weighted by atomic mass is 10.1. The molecule has 2 aromatic rings. The van der Waals surface area contributed by atoms with E-state index in [4.69, 9.17) is 0 Å². The number of alkyl halides is 1. The van der Waals surface area contributed by atoms with Crippen molar-refractivity contribution in [2.75, 3.05) is 6.54 Å². The van der Waals surface area contributed by atoms with Gasteiger partial charge in [0, 0.05) is 13.0 Å². The van der Waals surface area contributed by atoms with Crippen LogP contribution in [0.1, 0.15) is 30.9 Å². The summed E-state index contributed by atoms with van der Waals surface area (Å²) in [5.41, 5.74) is 1.78. The molecule has 2 aromatic carbocycles. The minimum absolute atomic E-state index is 0.142. The first kappa shape index (κ1) is 26.4. The second-order valence-corrected chi connectivity index (χ2v) is 9.77. The van der Waals surface area contributed by atoms with E-state index in [2.05, 4.69) is 26.6 Å². The fourth-order valence-electron chi connectivity index (χ4n) is 4.15. The molecule has 1 aliphatic heterocycles. The quantitative estimate of drug-likeness (QED) is 0.397. The van der Waals surface area contributed by atoms with Crippen molar-refractivity contribution in [3.63, 3.8) is 0 Å². The number of hydrogen-bond acceptors (Lipinski definition) is 4. The van der Waals surface area contributed by atoms with Gasteiger partial charge in [-0.2, -0.15) is 0 Å². The molecule has 0 radical (unpaired) electrons. The van der Waals surface area contributed by atoms with Gasteiger partial charge in [0.25, 0.3) is 0 Å². The minimum Gasteiger partial charge on any atom is -0.480 e. The molecule has 9 heteroatoms. The zero-order valence-electron chi connectivity index (χ0n) is 19.5. The van der Waals surface area contributed by atoms with Gasteiger partial charge in [-0.1, -0.05) is 76.6 Å². The third-order valence-electron chi connectivity index (χ3n) is 6.01. The molecule has 1 saturated heterocycles. The van der Waals surface area contributed by atoms with Crippen LogP contribution in [0.4, 0.5) is 0 Å². The van der Waals surface area contributed by atoms with Crippen LogP contribution in [-0.2, 0) is 32.0 Å². The first-order valence-corrected chi connectivity index (χ1v) is 12.5. The van der Waals surface area contributed by atoms with Gasteiger partial charge >= 0.3 is 5.97 Å². The molecule has 0 spiro atoms. The molecule has 3 amide bonds. The number of carboxylic acids is 1. The Morgan fingerprint density at radius 1 is 0.971 bits per heavy atom. The number of carbonyl (C=O) groups excluding carboxylic acids is 3. The van der Waals surface area contributed by atoms with E-state index >= 15 is 0 Å². The van der Waals surface area contributed by atoms with Gasteiger partial charge in [0.15, 0.2) is 0 Å². The maximum atomic E-state index is 13.1. The molecule has 0 aliphatic carbocycles. The molecule has 1 fully saturated rings. The van der Waals surface area contributed by atoms with Gasteiger partial charge < -0.3 is 20.6 Å². The smallest absolute Gasteiger partial charge is 0.326 e. The monoisotopic (exact) mass is 543 g/mol. The number of carbonyl (C=O) groups is 4. The second-order valence-electron chi connectivity index (χ2n) is 8.67. The van der Waals surface area contributed by atoms with Crippen molar-refractivity contribution in [1.29, 1.82) is 0 Å². The van der Waals surface area contributed by atoms with Crippen LogP contribution in [0.25, 0.3) is 0 Å². The summed E-state index contributed by atoms with van der Waals surface area (Å²) in [6.07, 6.45) is 1.67. The van der Waals surface area contributed by atoms with Crippen LogP contribution < -0.4 is 10.6 Å². The van der Waals surface area contributed by atoms with Crippen molar-refractivity contribution in [3.05, 3.63) is 71.8 Å². The molecule has 0 bridgehead atoms. The topological polar surface area (TPSA) is 116 Å². The van der Waals surface area contributed by atoms with Gasteiger partial charge in [0.1, 0.15) is 18.1 Å². The van der Waals surface area contributed by atoms with Crippen LogP contribution in [0.2, 0.25) is 0 Å². The van der Waals surface area contributed by atoms with Gasteiger partial charge in [-0.25, -0.2) is 4.79 Å². The van der Waals surface area contributed by atoms with E-state index in [0.717, 1.165) is 11.1 Å². The molecule has 4 atom stereocenters. The van der Waals surface area contributed by atoms with Crippen LogP contribution >= 0.6 is 15.9 Å².